The summed E-state index contributed by atoms with van der Waals surface area (Å²) < 4.78 is 6.51. The van der Waals surface area contributed by atoms with E-state index in [0.29, 0.717) is 19.8 Å². The summed E-state index contributed by atoms with van der Waals surface area (Å²) in [5.74, 6) is 0.219. The van der Waals surface area contributed by atoms with Crippen LogP contribution in [0, 0.1) is 0 Å². The summed E-state index contributed by atoms with van der Waals surface area (Å²) in [6, 6.07) is 8.24. The molecule has 3 rings (SSSR count). The van der Waals surface area contributed by atoms with Crippen molar-refractivity contribution in [1.29, 1.82) is 0 Å². The van der Waals surface area contributed by atoms with Crippen LogP contribution in [0.4, 0.5) is 0 Å². The first kappa shape index (κ1) is 15.0. The number of hydrogen-bond acceptors (Lipinski definition) is 3. The molecule has 1 aromatic carbocycles. The maximum Gasteiger partial charge on any atom is 0.233 e. The molecule has 0 spiro atoms. The number of likely N-dealkylation sites (tertiary alicyclic amines) is 1. The minimum absolute atomic E-state index is 0.119. The first-order valence-electron chi connectivity index (χ1n) is 7.50. The van der Waals surface area contributed by atoms with Crippen LogP contribution in [-0.2, 0) is 14.9 Å². The molecule has 0 aliphatic carbocycles. The fourth-order valence-corrected chi connectivity index (χ4v) is 3.81. The van der Waals surface area contributed by atoms with Gasteiger partial charge in [0.15, 0.2) is 0 Å². The molecule has 2 N–H and O–H groups in total. The first-order valence-corrected chi connectivity index (χ1v) is 8.30. The van der Waals surface area contributed by atoms with Gasteiger partial charge in [-0.05, 0) is 37.0 Å². The fraction of sp³-hybridized carbons (Fsp3) is 0.562. The van der Waals surface area contributed by atoms with Gasteiger partial charge in [0.2, 0.25) is 5.91 Å². The molecule has 1 aromatic rings. The maximum atomic E-state index is 13.2. The molecule has 2 saturated heterocycles. The second kappa shape index (κ2) is 6.07. The molecular formula is C16H21BrN2O2. The van der Waals surface area contributed by atoms with E-state index in [1.54, 1.807) is 0 Å². The van der Waals surface area contributed by atoms with Crippen LogP contribution in [0.3, 0.4) is 0 Å². The monoisotopic (exact) mass is 352 g/mol. The summed E-state index contributed by atoms with van der Waals surface area (Å²) in [6.07, 6.45) is 2.39. The average Bonchev–Trinajstić information content (AvgIpc) is 2.94. The Morgan fingerprint density at radius 1 is 1.38 bits per heavy atom. The highest BCUT2D eigenvalue weighted by Crippen LogP contribution is 2.38. The maximum absolute atomic E-state index is 13.2. The molecule has 2 fully saturated rings. The summed E-state index contributed by atoms with van der Waals surface area (Å²) in [7, 11) is 0. The van der Waals surface area contributed by atoms with Crippen LogP contribution >= 0.6 is 15.9 Å². The van der Waals surface area contributed by atoms with Crippen molar-refractivity contribution in [2.24, 2.45) is 5.73 Å². The van der Waals surface area contributed by atoms with Crippen molar-refractivity contribution < 1.29 is 9.53 Å². The molecule has 2 aliphatic heterocycles. The number of nitrogens with two attached hydrogens (primary N) is 1. The summed E-state index contributed by atoms with van der Waals surface area (Å²) in [4.78, 5) is 15.1. The smallest absolute Gasteiger partial charge is 0.233 e. The Kier molecular flexibility index (Phi) is 4.33. The Morgan fingerprint density at radius 3 is 2.76 bits per heavy atom. The lowest BCUT2D eigenvalue weighted by Crippen LogP contribution is -2.49. The summed E-state index contributed by atoms with van der Waals surface area (Å²) in [6.45, 7) is 2.72. The molecule has 2 heterocycles. The molecular weight excluding hydrogens is 332 g/mol. The van der Waals surface area contributed by atoms with Crippen LogP contribution in [0.1, 0.15) is 24.8 Å². The normalized spacial score (nSPS) is 25.0. The zero-order valence-corrected chi connectivity index (χ0v) is 13.6. The topological polar surface area (TPSA) is 55.6 Å². The second-order valence-electron chi connectivity index (χ2n) is 6.00. The van der Waals surface area contributed by atoms with Gasteiger partial charge in [-0.2, -0.15) is 0 Å². The zero-order valence-electron chi connectivity index (χ0n) is 12.1. The van der Waals surface area contributed by atoms with E-state index >= 15 is 0 Å². The molecule has 1 atom stereocenters. The average molecular weight is 353 g/mol. The van der Waals surface area contributed by atoms with Crippen LogP contribution in [0.15, 0.2) is 28.7 Å². The van der Waals surface area contributed by atoms with E-state index < -0.39 is 5.41 Å². The predicted molar refractivity (Wildman–Crippen MR) is 85.0 cm³/mol. The van der Waals surface area contributed by atoms with Gasteiger partial charge in [-0.15, -0.1) is 0 Å². The van der Waals surface area contributed by atoms with Gasteiger partial charge in [0, 0.05) is 36.8 Å². The second-order valence-corrected chi connectivity index (χ2v) is 6.92. The molecule has 0 aromatic heterocycles. The number of ether oxygens (including phenoxy) is 1. The van der Waals surface area contributed by atoms with Crippen LogP contribution in [0.25, 0.3) is 0 Å². The molecule has 5 heteroatoms. The van der Waals surface area contributed by atoms with Crippen molar-refractivity contribution >= 4 is 21.8 Å². The van der Waals surface area contributed by atoms with Gasteiger partial charge < -0.3 is 15.4 Å². The fourth-order valence-electron chi connectivity index (χ4n) is 3.41. The highest BCUT2D eigenvalue weighted by atomic mass is 79.9. The molecule has 2 aliphatic rings. The minimum atomic E-state index is -0.452. The van der Waals surface area contributed by atoms with E-state index in [0.717, 1.165) is 35.8 Å². The third-order valence-electron chi connectivity index (χ3n) is 4.64. The standard InChI is InChI=1S/C16H21BrN2O2/c17-13-3-1-2-12(10-13)16(5-8-21-9-6-16)15(20)19-7-4-14(18)11-19/h1-3,10,14H,4-9,11,18H2/t14-/m0/s1. The Morgan fingerprint density at radius 2 is 2.14 bits per heavy atom. The van der Waals surface area contributed by atoms with E-state index in [9.17, 15) is 4.79 Å². The van der Waals surface area contributed by atoms with Crippen molar-refractivity contribution in [2.75, 3.05) is 26.3 Å². The van der Waals surface area contributed by atoms with Crippen molar-refractivity contribution in [3.63, 3.8) is 0 Å². The highest BCUT2D eigenvalue weighted by Gasteiger charge is 2.45. The summed E-state index contributed by atoms with van der Waals surface area (Å²) in [5, 5.41) is 0. The molecule has 0 unspecified atom stereocenters. The quantitative estimate of drug-likeness (QED) is 0.886. The lowest BCUT2D eigenvalue weighted by atomic mass is 9.73. The van der Waals surface area contributed by atoms with Gasteiger partial charge in [0.05, 0.1) is 5.41 Å². The summed E-state index contributed by atoms with van der Waals surface area (Å²) >= 11 is 3.52. The van der Waals surface area contributed by atoms with Gasteiger partial charge >= 0.3 is 0 Å². The molecule has 4 nitrogen and oxygen atoms in total. The molecule has 0 radical (unpaired) electrons. The third kappa shape index (κ3) is 2.87. The van der Waals surface area contributed by atoms with Crippen molar-refractivity contribution in [1.82, 2.24) is 4.90 Å². The molecule has 114 valence electrons. The van der Waals surface area contributed by atoms with E-state index in [-0.39, 0.29) is 11.9 Å². The molecule has 0 saturated carbocycles. The predicted octanol–water partition coefficient (Wildman–Crippen LogP) is 2.06. The lowest BCUT2D eigenvalue weighted by molar-refractivity contribution is -0.140. The third-order valence-corrected chi connectivity index (χ3v) is 5.14. The van der Waals surface area contributed by atoms with Crippen LogP contribution < -0.4 is 5.73 Å². The van der Waals surface area contributed by atoms with Gasteiger partial charge in [-0.1, -0.05) is 28.1 Å². The van der Waals surface area contributed by atoms with Crippen molar-refractivity contribution in [3.8, 4) is 0 Å². The van der Waals surface area contributed by atoms with Crippen LogP contribution in [0.5, 0.6) is 0 Å². The Labute approximate surface area is 133 Å². The van der Waals surface area contributed by atoms with Crippen molar-refractivity contribution in [3.05, 3.63) is 34.3 Å². The van der Waals surface area contributed by atoms with Crippen molar-refractivity contribution in [2.45, 2.75) is 30.7 Å². The number of nitrogens with zero attached hydrogens (tertiary/aromatic N) is 1. The number of carbonyl (C=O) groups excluding carboxylic acids is 1. The van der Waals surface area contributed by atoms with Gasteiger partial charge in [-0.25, -0.2) is 0 Å². The Hall–Kier alpha value is -0.910. The SMILES string of the molecule is N[C@H]1CCN(C(=O)C2(c3cccc(Br)c3)CCOCC2)C1. The number of amides is 1. The molecule has 1 amide bonds. The number of rotatable bonds is 2. The Balaban J connectivity index is 1.95. The summed E-state index contributed by atoms with van der Waals surface area (Å²) in [5.41, 5.74) is 6.61. The van der Waals surface area contributed by atoms with Crippen LogP contribution in [-0.4, -0.2) is 43.2 Å². The number of carbonyl (C=O) groups is 1. The Bertz CT molecular complexity index is 529. The highest BCUT2D eigenvalue weighted by molar-refractivity contribution is 9.10. The van der Waals surface area contributed by atoms with E-state index in [2.05, 4.69) is 28.1 Å². The number of hydrogen-bond donors (Lipinski definition) is 1. The first-order chi connectivity index (χ1) is 10.1. The largest absolute Gasteiger partial charge is 0.381 e. The van der Waals surface area contributed by atoms with Gasteiger partial charge in [0.25, 0.3) is 0 Å². The number of benzene rings is 1. The van der Waals surface area contributed by atoms with Crippen LogP contribution in [0.2, 0.25) is 0 Å². The molecule has 0 bridgehead atoms. The van der Waals surface area contributed by atoms with E-state index in [1.807, 2.05) is 17.0 Å². The number of halogens is 1. The van der Waals surface area contributed by atoms with Gasteiger partial charge in [-0.3, -0.25) is 4.79 Å². The molecule has 21 heavy (non-hydrogen) atoms. The lowest BCUT2D eigenvalue weighted by Gasteiger charge is -2.39. The zero-order chi connectivity index (χ0) is 14.9. The minimum Gasteiger partial charge on any atom is -0.381 e. The van der Waals surface area contributed by atoms with E-state index in [1.165, 1.54) is 0 Å². The van der Waals surface area contributed by atoms with Gasteiger partial charge in [0.1, 0.15) is 0 Å². The van der Waals surface area contributed by atoms with E-state index in [4.69, 9.17) is 10.5 Å².